The van der Waals surface area contributed by atoms with Gasteiger partial charge in [-0.15, -0.1) is 0 Å². The Kier molecular flexibility index (Phi) is 4.33. The Morgan fingerprint density at radius 2 is 1.75 bits per heavy atom. The molecule has 0 aliphatic rings. The minimum absolute atomic E-state index is 0.192. The first-order valence-corrected chi connectivity index (χ1v) is 7.79. The van der Waals surface area contributed by atoms with Gasteiger partial charge in [0.15, 0.2) is 0 Å². The molecule has 0 bridgehead atoms. The molecule has 1 amide bonds. The smallest absolute Gasteiger partial charge is 0.273 e. The summed E-state index contributed by atoms with van der Waals surface area (Å²) in [5.74, 6) is 0.400. The number of aromatic amines is 1. The number of aromatic hydroxyl groups is 1. The lowest BCUT2D eigenvalue weighted by molar-refractivity contribution is 0.102. The third kappa shape index (κ3) is 3.46. The molecule has 0 aliphatic heterocycles. The number of benzene rings is 2. The van der Waals surface area contributed by atoms with Gasteiger partial charge < -0.3 is 10.4 Å². The number of hydrogen-bond donors (Lipinski definition) is 3. The van der Waals surface area contributed by atoms with Crippen LogP contribution in [-0.2, 0) is 0 Å². The van der Waals surface area contributed by atoms with E-state index in [1.165, 1.54) is 5.56 Å². The first-order chi connectivity index (χ1) is 11.5. The molecule has 3 rings (SSSR count). The summed E-state index contributed by atoms with van der Waals surface area (Å²) >= 11 is 0. The fourth-order valence-electron chi connectivity index (χ4n) is 2.37. The van der Waals surface area contributed by atoms with E-state index in [0.717, 1.165) is 11.3 Å². The van der Waals surface area contributed by atoms with Crippen molar-refractivity contribution < 1.29 is 9.90 Å². The van der Waals surface area contributed by atoms with Gasteiger partial charge in [-0.05, 0) is 53.9 Å². The Morgan fingerprint density at radius 3 is 2.38 bits per heavy atom. The molecule has 0 spiro atoms. The highest BCUT2D eigenvalue weighted by Gasteiger charge is 2.11. The standard InChI is InChI=1S/C19H19N3O2/c1-12(2)13-3-7-15(8-4-13)20-19(24)18-11-17(21-22-18)14-5-9-16(23)10-6-14/h3-12,23H,1-2H3,(H,20,24)(H,21,22). The van der Waals surface area contributed by atoms with Gasteiger partial charge in [0.25, 0.3) is 5.91 Å². The van der Waals surface area contributed by atoms with Gasteiger partial charge in [-0.25, -0.2) is 0 Å². The van der Waals surface area contributed by atoms with Gasteiger partial charge in [0.1, 0.15) is 11.4 Å². The van der Waals surface area contributed by atoms with E-state index in [-0.39, 0.29) is 11.7 Å². The molecule has 0 radical (unpaired) electrons. The summed E-state index contributed by atoms with van der Waals surface area (Å²) in [7, 11) is 0. The lowest BCUT2D eigenvalue weighted by atomic mass is 10.0. The topological polar surface area (TPSA) is 78.0 Å². The van der Waals surface area contributed by atoms with Crippen LogP contribution in [0.15, 0.2) is 54.6 Å². The van der Waals surface area contributed by atoms with Crippen molar-refractivity contribution in [1.82, 2.24) is 10.2 Å². The van der Waals surface area contributed by atoms with Gasteiger partial charge in [-0.3, -0.25) is 9.89 Å². The second-order valence-corrected chi connectivity index (χ2v) is 5.94. The van der Waals surface area contributed by atoms with E-state index in [1.54, 1.807) is 30.3 Å². The molecular formula is C19H19N3O2. The Hall–Kier alpha value is -3.08. The van der Waals surface area contributed by atoms with Crippen LogP contribution in [0.1, 0.15) is 35.8 Å². The van der Waals surface area contributed by atoms with E-state index in [2.05, 4.69) is 29.4 Å². The van der Waals surface area contributed by atoms with Gasteiger partial charge in [0.2, 0.25) is 0 Å². The lowest BCUT2D eigenvalue weighted by Crippen LogP contribution is -2.12. The maximum Gasteiger partial charge on any atom is 0.273 e. The quantitative estimate of drug-likeness (QED) is 0.675. The SMILES string of the molecule is CC(C)c1ccc(NC(=O)c2cc(-c3ccc(O)cc3)n[nH]2)cc1. The number of amides is 1. The van der Waals surface area contributed by atoms with Gasteiger partial charge >= 0.3 is 0 Å². The van der Waals surface area contributed by atoms with Crippen molar-refractivity contribution in [2.75, 3.05) is 5.32 Å². The Balaban J connectivity index is 1.72. The molecule has 5 nitrogen and oxygen atoms in total. The Morgan fingerprint density at radius 1 is 1.08 bits per heavy atom. The van der Waals surface area contributed by atoms with Crippen LogP contribution in [0.2, 0.25) is 0 Å². The molecule has 24 heavy (non-hydrogen) atoms. The Labute approximate surface area is 140 Å². The van der Waals surface area contributed by atoms with Crippen LogP contribution < -0.4 is 5.32 Å². The van der Waals surface area contributed by atoms with Crippen LogP contribution in [-0.4, -0.2) is 21.2 Å². The molecule has 1 heterocycles. The number of nitrogens with zero attached hydrogens (tertiary/aromatic N) is 1. The number of phenols is 1. The molecule has 0 aliphatic carbocycles. The average Bonchev–Trinajstić information content (AvgIpc) is 3.06. The number of hydrogen-bond acceptors (Lipinski definition) is 3. The summed E-state index contributed by atoms with van der Waals surface area (Å²) in [4.78, 5) is 12.3. The number of nitrogens with one attached hydrogen (secondary N) is 2. The number of H-pyrrole nitrogens is 1. The molecule has 1 aromatic heterocycles. The normalized spacial score (nSPS) is 10.8. The second kappa shape index (κ2) is 6.58. The first kappa shape index (κ1) is 15.8. The van der Waals surface area contributed by atoms with Gasteiger partial charge in [-0.2, -0.15) is 5.10 Å². The zero-order valence-electron chi connectivity index (χ0n) is 13.6. The monoisotopic (exact) mass is 321 g/mol. The molecule has 122 valence electrons. The summed E-state index contributed by atoms with van der Waals surface area (Å²) in [6.45, 7) is 4.26. The van der Waals surface area contributed by atoms with E-state index in [1.807, 2.05) is 24.3 Å². The third-order valence-electron chi connectivity index (χ3n) is 3.82. The number of aromatic nitrogens is 2. The highest BCUT2D eigenvalue weighted by atomic mass is 16.3. The van der Waals surface area contributed by atoms with Gasteiger partial charge in [-0.1, -0.05) is 26.0 Å². The number of carbonyl (C=O) groups excluding carboxylic acids is 1. The Bertz CT molecular complexity index is 834. The molecule has 0 unspecified atom stereocenters. The maximum absolute atomic E-state index is 12.3. The fraction of sp³-hybridized carbons (Fsp3) is 0.158. The molecule has 0 saturated carbocycles. The molecule has 0 fully saturated rings. The first-order valence-electron chi connectivity index (χ1n) is 7.79. The number of anilines is 1. The van der Waals surface area contributed by atoms with Crippen molar-refractivity contribution >= 4 is 11.6 Å². The van der Waals surface area contributed by atoms with Crippen molar-refractivity contribution in [3.8, 4) is 17.0 Å². The number of phenolic OH excluding ortho intramolecular Hbond substituents is 1. The zero-order valence-corrected chi connectivity index (χ0v) is 13.6. The molecule has 5 heteroatoms. The molecule has 3 aromatic rings. The average molecular weight is 321 g/mol. The van der Waals surface area contributed by atoms with Crippen molar-refractivity contribution in [3.63, 3.8) is 0 Å². The van der Waals surface area contributed by atoms with Crippen molar-refractivity contribution in [2.45, 2.75) is 19.8 Å². The molecule has 0 atom stereocenters. The summed E-state index contributed by atoms with van der Waals surface area (Å²) < 4.78 is 0. The van der Waals surface area contributed by atoms with Crippen LogP contribution in [0.25, 0.3) is 11.3 Å². The largest absolute Gasteiger partial charge is 0.508 e. The second-order valence-electron chi connectivity index (χ2n) is 5.94. The minimum atomic E-state index is -0.246. The molecule has 2 aromatic carbocycles. The lowest BCUT2D eigenvalue weighted by Gasteiger charge is -2.07. The third-order valence-corrected chi connectivity index (χ3v) is 3.82. The van der Waals surface area contributed by atoms with Crippen LogP contribution in [0.5, 0.6) is 5.75 Å². The highest BCUT2D eigenvalue weighted by molar-refractivity contribution is 6.03. The summed E-state index contributed by atoms with van der Waals surface area (Å²) in [6, 6.07) is 16.2. The maximum atomic E-state index is 12.3. The van der Waals surface area contributed by atoms with Crippen molar-refractivity contribution in [1.29, 1.82) is 0 Å². The summed E-state index contributed by atoms with van der Waals surface area (Å²) in [5, 5.41) is 19.1. The predicted molar refractivity (Wildman–Crippen MR) is 94.2 cm³/mol. The minimum Gasteiger partial charge on any atom is -0.508 e. The van der Waals surface area contributed by atoms with Crippen LogP contribution >= 0.6 is 0 Å². The van der Waals surface area contributed by atoms with Crippen molar-refractivity contribution in [3.05, 3.63) is 65.9 Å². The van der Waals surface area contributed by atoms with E-state index < -0.39 is 0 Å². The molecule has 0 saturated heterocycles. The van der Waals surface area contributed by atoms with Gasteiger partial charge in [0.05, 0.1) is 5.69 Å². The number of rotatable bonds is 4. The van der Waals surface area contributed by atoms with E-state index in [9.17, 15) is 9.90 Å². The zero-order chi connectivity index (χ0) is 17.1. The van der Waals surface area contributed by atoms with Crippen molar-refractivity contribution in [2.24, 2.45) is 0 Å². The van der Waals surface area contributed by atoms with Crippen LogP contribution in [0.3, 0.4) is 0 Å². The summed E-state index contributed by atoms with van der Waals surface area (Å²) in [6.07, 6.45) is 0. The van der Waals surface area contributed by atoms with Crippen LogP contribution in [0, 0.1) is 0 Å². The van der Waals surface area contributed by atoms with Crippen LogP contribution in [0.4, 0.5) is 5.69 Å². The van der Waals surface area contributed by atoms with Gasteiger partial charge in [0, 0.05) is 11.3 Å². The molecule has 3 N–H and O–H groups in total. The highest BCUT2D eigenvalue weighted by Crippen LogP contribution is 2.21. The fourth-order valence-corrected chi connectivity index (χ4v) is 2.37. The predicted octanol–water partition coefficient (Wildman–Crippen LogP) is 4.16. The summed E-state index contributed by atoms with van der Waals surface area (Å²) in [5.41, 5.74) is 3.82. The van der Waals surface area contributed by atoms with E-state index >= 15 is 0 Å². The number of carbonyl (C=O) groups is 1. The van der Waals surface area contributed by atoms with E-state index in [4.69, 9.17) is 0 Å². The van der Waals surface area contributed by atoms with E-state index in [0.29, 0.717) is 17.3 Å². The molecular weight excluding hydrogens is 302 g/mol.